The van der Waals surface area contributed by atoms with Gasteiger partial charge in [0.1, 0.15) is 5.75 Å². The fraction of sp³-hybridized carbons (Fsp3) is 0.150. The molecule has 5 nitrogen and oxygen atoms in total. The molecule has 3 rings (SSSR count). The second-order valence-corrected chi connectivity index (χ2v) is 6.47. The molecular formula is C20H20N2O3S. The van der Waals surface area contributed by atoms with Crippen LogP contribution in [0.3, 0.4) is 0 Å². The molecule has 0 saturated carbocycles. The number of benzene rings is 2. The minimum absolute atomic E-state index is 0.110. The second kappa shape index (κ2) is 8.51. The number of urea groups is 1. The first-order valence-corrected chi connectivity index (χ1v) is 9.10. The van der Waals surface area contributed by atoms with Gasteiger partial charge in [-0.05, 0) is 45.6 Å². The van der Waals surface area contributed by atoms with Gasteiger partial charge in [-0.1, -0.05) is 36.4 Å². The molecule has 26 heavy (non-hydrogen) atoms. The minimum Gasteiger partial charge on any atom is -0.495 e. The van der Waals surface area contributed by atoms with Gasteiger partial charge in [0.2, 0.25) is 0 Å². The van der Waals surface area contributed by atoms with Crippen LogP contribution in [0.1, 0.15) is 11.7 Å². The van der Waals surface area contributed by atoms with E-state index in [1.54, 1.807) is 30.6 Å². The van der Waals surface area contributed by atoms with Gasteiger partial charge in [0.25, 0.3) is 0 Å². The van der Waals surface area contributed by atoms with E-state index in [0.717, 1.165) is 16.7 Å². The Balaban J connectivity index is 1.55. The minimum atomic E-state index is -0.782. The van der Waals surface area contributed by atoms with Gasteiger partial charge in [0.05, 0.1) is 18.9 Å². The summed E-state index contributed by atoms with van der Waals surface area (Å²) in [4.78, 5) is 12.0. The number of aliphatic hydroxyl groups is 1. The molecule has 0 aliphatic heterocycles. The van der Waals surface area contributed by atoms with Crippen molar-refractivity contribution in [1.82, 2.24) is 5.32 Å². The van der Waals surface area contributed by atoms with Crippen molar-refractivity contribution in [2.24, 2.45) is 0 Å². The number of thiophene rings is 1. The summed E-state index contributed by atoms with van der Waals surface area (Å²) in [5.74, 6) is 0.576. The molecule has 0 spiro atoms. The highest BCUT2D eigenvalue weighted by Gasteiger charge is 2.11. The Kier molecular flexibility index (Phi) is 5.88. The molecule has 0 radical (unpaired) electrons. The van der Waals surface area contributed by atoms with Gasteiger partial charge in [-0.3, -0.25) is 0 Å². The Morgan fingerprint density at radius 2 is 1.88 bits per heavy atom. The molecule has 3 aromatic rings. The molecule has 1 heterocycles. The molecule has 0 aliphatic carbocycles. The summed E-state index contributed by atoms with van der Waals surface area (Å²) >= 11 is 1.65. The maximum Gasteiger partial charge on any atom is 0.319 e. The van der Waals surface area contributed by atoms with E-state index >= 15 is 0 Å². The van der Waals surface area contributed by atoms with E-state index in [2.05, 4.69) is 22.1 Å². The highest BCUT2D eigenvalue weighted by molar-refractivity contribution is 7.08. The lowest BCUT2D eigenvalue weighted by molar-refractivity contribution is 0.175. The Morgan fingerprint density at radius 3 is 2.58 bits per heavy atom. The van der Waals surface area contributed by atoms with Crippen LogP contribution in [0.15, 0.2) is 65.4 Å². The first kappa shape index (κ1) is 18.0. The Hall–Kier alpha value is -2.83. The van der Waals surface area contributed by atoms with Crippen LogP contribution in [0.25, 0.3) is 11.1 Å². The Morgan fingerprint density at radius 1 is 1.12 bits per heavy atom. The van der Waals surface area contributed by atoms with Crippen molar-refractivity contribution in [1.29, 1.82) is 0 Å². The number of hydrogen-bond acceptors (Lipinski definition) is 4. The normalized spacial score (nSPS) is 11.6. The number of carbonyl (C=O) groups is 1. The summed E-state index contributed by atoms with van der Waals surface area (Å²) < 4.78 is 5.19. The van der Waals surface area contributed by atoms with Gasteiger partial charge in [-0.25, -0.2) is 4.79 Å². The predicted octanol–water partition coefficient (Wildman–Crippen LogP) is 4.28. The number of methoxy groups -OCH3 is 1. The molecule has 0 aliphatic rings. The van der Waals surface area contributed by atoms with E-state index in [1.807, 2.05) is 41.8 Å². The average Bonchev–Trinajstić information content (AvgIpc) is 3.21. The molecular weight excluding hydrogens is 348 g/mol. The van der Waals surface area contributed by atoms with Crippen LogP contribution in [0.5, 0.6) is 5.75 Å². The molecule has 1 unspecified atom stereocenters. The largest absolute Gasteiger partial charge is 0.495 e. The molecule has 0 fully saturated rings. The van der Waals surface area contributed by atoms with E-state index in [1.165, 1.54) is 0 Å². The molecule has 3 N–H and O–H groups in total. The number of ether oxygens (including phenoxy) is 1. The summed E-state index contributed by atoms with van der Waals surface area (Å²) in [5, 5.41) is 19.8. The number of amides is 2. The summed E-state index contributed by atoms with van der Waals surface area (Å²) in [6.45, 7) is 0.110. The van der Waals surface area contributed by atoms with Gasteiger partial charge >= 0.3 is 6.03 Å². The zero-order chi connectivity index (χ0) is 18.4. The Labute approximate surface area is 156 Å². The average molecular weight is 368 g/mol. The number of rotatable bonds is 6. The van der Waals surface area contributed by atoms with Crippen LogP contribution in [-0.2, 0) is 0 Å². The highest BCUT2D eigenvalue weighted by atomic mass is 32.1. The molecule has 0 saturated heterocycles. The standard InChI is InChI=1S/C20H20N2O3S/c1-25-19-5-3-2-4-17(19)22-20(24)21-12-18(23)15-8-6-14(7-9-15)16-10-11-26-13-16/h2-11,13,18,23H,12H2,1H3,(H2,21,22,24). The van der Waals surface area contributed by atoms with Gasteiger partial charge in [-0.2, -0.15) is 11.3 Å². The van der Waals surface area contributed by atoms with Gasteiger partial charge in [0, 0.05) is 6.54 Å². The van der Waals surface area contributed by atoms with Crippen molar-refractivity contribution in [3.05, 3.63) is 70.9 Å². The van der Waals surface area contributed by atoms with Crippen LogP contribution in [0.2, 0.25) is 0 Å². The zero-order valence-corrected chi connectivity index (χ0v) is 15.1. The van der Waals surface area contributed by atoms with Crippen LogP contribution >= 0.6 is 11.3 Å². The predicted molar refractivity (Wildman–Crippen MR) is 105 cm³/mol. The summed E-state index contributed by atoms with van der Waals surface area (Å²) in [7, 11) is 1.54. The SMILES string of the molecule is COc1ccccc1NC(=O)NCC(O)c1ccc(-c2ccsc2)cc1. The lowest BCUT2D eigenvalue weighted by Gasteiger charge is -2.14. The lowest BCUT2D eigenvalue weighted by Crippen LogP contribution is -2.32. The highest BCUT2D eigenvalue weighted by Crippen LogP contribution is 2.24. The van der Waals surface area contributed by atoms with Crippen LogP contribution in [-0.4, -0.2) is 24.8 Å². The number of hydrogen-bond donors (Lipinski definition) is 3. The van der Waals surface area contributed by atoms with Crippen molar-refractivity contribution in [2.45, 2.75) is 6.10 Å². The molecule has 2 amide bonds. The molecule has 2 aromatic carbocycles. The molecule has 6 heteroatoms. The summed E-state index contributed by atoms with van der Waals surface area (Å²) in [5.41, 5.74) is 3.58. The number of aliphatic hydroxyl groups excluding tert-OH is 1. The smallest absolute Gasteiger partial charge is 0.319 e. The van der Waals surface area contributed by atoms with Crippen molar-refractivity contribution in [3.8, 4) is 16.9 Å². The summed E-state index contributed by atoms with van der Waals surface area (Å²) in [6.07, 6.45) is -0.782. The topological polar surface area (TPSA) is 70.6 Å². The summed E-state index contributed by atoms with van der Waals surface area (Å²) in [6, 6.07) is 16.5. The first-order valence-electron chi connectivity index (χ1n) is 8.16. The first-order chi connectivity index (χ1) is 12.7. The monoisotopic (exact) mass is 368 g/mol. The van der Waals surface area contributed by atoms with Gasteiger partial charge in [-0.15, -0.1) is 0 Å². The van der Waals surface area contributed by atoms with Crippen LogP contribution < -0.4 is 15.4 Å². The molecule has 1 atom stereocenters. The maximum atomic E-state index is 12.0. The zero-order valence-electron chi connectivity index (χ0n) is 14.3. The second-order valence-electron chi connectivity index (χ2n) is 5.69. The van der Waals surface area contributed by atoms with Gasteiger partial charge < -0.3 is 20.5 Å². The van der Waals surface area contributed by atoms with E-state index in [-0.39, 0.29) is 6.54 Å². The molecule has 0 bridgehead atoms. The van der Waals surface area contributed by atoms with Gasteiger partial charge in [0.15, 0.2) is 0 Å². The lowest BCUT2D eigenvalue weighted by atomic mass is 10.0. The van der Waals surface area contributed by atoms with Crippen molar-refractivity contribution in [2.75, 3.05) is 19.0 Å². The maximum absolute atomic E-state index is 12.0. The fourth-order valence-electron chi connectivity index (χ4n) is 2.55. The molecule has 134 valence electrons. The number of anilines is 1. The third-order valence-electron chi connectivity index (χ3n) is 3.96. The van der Waals surface area contributed by atoms with Crippen molar-refractivity contribution >= 4 is 23.1 Å². The van der Waals surface area contributed by atoms with E-state index < -0.39 is 12.1 Å². The third-order valence-corrected chi connectivity index (χ3v) is 4.64. The number of carbonyl (C=O) groups excluding carboxylic acids is 1. The van der Waals surface area contributed by atoms with E-state index in [9.17, 15) is 9.90 Å². The van der Waals surface area contributed by atoms with Crippen molar-refractivity contribution in [3.63, 3.8) is 0 Å². The quantitative estimate of drug-likeness (QED) is 0.608. The number of nitrogens with one attached hydrogen (secondary N) is 2. The van der Waals surface area contributed by atoms with Crippen LogP contribution in [0, 0.1) is 0 Å². The van der Waals surface area contributed by atoms with Crippen LogP contribution in [0.4, 0.5) is 10.5 Å². The molecule has 1 aromatic heterocycles. The Bertz CT molecular complexity index is 848. The van der Waals surface area contributed by atoms with E-state index in [4.69, 9.17) is 4.74 Å². The van der Waals surface area contributed by atoms with Crippen molar-refractivity contribution < 1.29 is 14.6 Å². The fourth-order valence-corrected chi connectivity index (χ4v) is 3.21. The van der Waals surface area contributed by atoms with E-state index in [0.29, 0.717) is 11.4 Å². The third kappa shape index (κ3) is 4.41. The number of para-hydroxylation sites is 2.